The van der Waals surface area contributed by atoms with E-state index in [0.29, 0.717) is 6.04 Å². The van der Waals surface area contributed by atoms with Crippen molar-refractivity contribution in [3.63, 3.8) is 0 Å². The van der Waals surface area contributed by atoms with Gasteiger partial charge in [0.15, 0.2) is 0 Å². The highest BCUT2D eigenvalue weighted by Gasteiger charge is 2.25. The third-order valence-electron chi connectivity index (χ3n) is 1.84. The van der Waals surface area contributed by atoms with Gasteiger partial charge in [-0.3, -0.25) is 9.59 Å². The van der Waals surface area contributed by atoms with Crippen LogP contribution in [0.3, 0.4) is 0 Å². The number of rotatable bonds is 4. The molecule has 0 heterocycles. The van der Waals surface area contributed by atoms with Gasteiger partial charge in [0.05, 0.1) is 5.75 Å². The molecule has 1 fully saturated rings. The van der Waals surface area contributed by atoms with Gasteiger partial charge in [-0.25, -0.2) is 0 Å². The largest absolute Gasteiger partial charge is 0.352 e. The molecule has 1 aliphatic carbocycles. The smallest absolute Gasteiger partial charge is 0.242 e. The van der Waals surface area contributed by atoms with Gasteiger partial charge < -0.3 is 10.6 Å². The molecule has 2 N–H and O–H groups in total. The molecule has 1 saturated carbocycles. The second-order valence-electron chi connectivity index (χ2n) is 3.23. The molecule has 0 aromatic carbocycles. The lowest BCUT2D eigenvalue weighted by Gasteiger charge is -2.12. The summed E-state index contributed by atoms with van der Waals surface area (Å²) >= 11 is 3.80. The fraction of sp³-hybridized carbons (Fsp3) is 0.750. The third kappa shape index (κ3) is 3.67. The molecule has 0 aromatic heterocycles. The van der Waals surface area contributed by atoms with Gasteiger partial charge in [0.25, 0.3) is 0 Å². The highest BCUT2D eigenvalue weighted by molar-refractivity contribution is 7.81. The highest BCUT2D eigenvalue weighted by atomic mass is 32.1. The SMILES string of the molecule is CC(NC(=O)CS)C(=O)NC1CC1. The van der Waals surface area contributed by atoms with E-state index in [9.17, 15) is 9.59 Å². The Hall–Kier alpha value is -0.710. The second-order valence-corrected chi connectivity index (χ2v) is 3.55. The number of hydrogen-bond donors (Lipinski definition) is 3. The minimum Gasteiger partial charge on any atom is -0.352 e. The summed E-state index contributed by atoms with van der Waals surface area (Å²) in [6, 6.07) is -0.122. The van der Waals surface area contributed by atoms with E-state index in [1.165, 1.54) is 0 Å². The Bertz CT molecular complexity index is 216. The van der Waals surface area contributed by atoms with Crippen molar-refractivity contribution in [1.82, 2.24) is 10.6 Å². The normalized spacial score (nSPS) is 17.7. The Morgan fingerprint density at radius 3 is 2.62 bits per heavy atom. The zero-order chi connectivity index (χ0) is 9.84. The van der Waals surface area contributed by atoms with Crippen LogP contribution in [0.2, 0.25) is 0 Å². The lowest BCUT2D eigenvalue weighted by atomic mass is 10.3. The van der Waals surface area contributed by atoms with Gasteiger partial charge in [0, 0.05) is 6.04 Å². The quantitative estimate of drug-likeness (QED) is 0.548. The van der Waals surface area contributed by atoms with E-state index in [4.69, 9.17) is 0 Å². The van der Waals surface area contributed by atoms with Crippen molar-refractivity contribution >= 4 is 24.4 Å². The maximum Gasteiger partial charge on any atom is 0.242 e. The average Bonchev–Trinajstić information content (AvgIpc) is 2.87. The summed E-state index contributed by atoms with van der Waals surface area (Å²) in [4.78, 5) is 22.2. The third-order valence-corrected chi connectivity index (χ3v) is 2.13. The Morgan fingerprint density at radius 2 is 2.15 bits per heavy atom. The van der Waals surface area contributed by atoms with Crippen molar-refractivity contribution < 1.29 is 9.59 Å². The molecule has 0 aromatic rings. The molecule has 0 saturated heterocycles. The van der Waals surface area contributed by atoms with Gasteiger partial charge in [0.2, 0.25) is 11.8 Å². The van der Waals surface area contributed by atoms with Gasteiger partial charge in [-0.2, -0.15) is 12.6 Å². The number of carbonyl (C=O) groups excluding carboxylic acids is 2. The molecular weight excluding hydrogens is 188 g/mol. The molecule has 5 heteroatoms. The van der Waals surface area contributed by atoms with Crippen LogP contribution >= 0.6 is 12.6 Å². The number of thiol groups is 1. The predicted molar refractivity (Wildman–Crippen MR) is 52.6 cm³/mol. The number of amides is 2. The van der Waals surface area contributed by atoms with Crippen LogP contribution in [0.15, 0.2) is 0 Å². The first kappa shape index (κ1) is 10.4. The number of hydrogen-bond acceptors (Lipinski definition) is 3. The van der Waals surface area contributed by atoms with Crippen molar-refractivity contribution in [2.45, 2.75) is 31.8 Å². The van der Waals surface area contributed by atoms with Crippen LogP contribution in [0.25, 0.3) is 0 Å². The monoisotopic (exact) mass is 202 g/mol. The van der Waals surface area contributed by atoms with E-state index in [-0.39, 0.29) is 17.6 Å². The lowest BCUT2D eigenvalue weighted by Crippen LogP contribution is -2.45. The summed E-state index contributed by atoms with van der Waals surface area (Å²) < 4.78 is 0. The van der Waals surface area contributed by atoms with Gasteiger partial charge in [0.1, 0.15) is 6.04 Å². The summed E-state index contributed by atoms with van der Waals surface area (Å²) in [5.41, 5.74) is 0. The average molecular weight is 202 g/mol. The summed E-state index contributed by atoms with van der Waals surface area (Å²) in [6.07, 6.45) is 2.11. The molecule has 4 nitrogen and oxygen atoms in total. The maximum atomic E-state index is 11.3. The van der Waals surface area contributed by atoms with Gasteiger partial charge in [-0.05, 0) is 19.8 Å². The van der Waals surface area contributed by atoms with Crippen LogP contribution in [0.4, 0.5) is 0 Å². The van der Waals surface area contributed by atoms with E-state index in [1.54, 1.807) is 6.92 Å². The van der Waals surface area contributed by atoms with Crippen molar-refractivity contribution in [1.29, 1.82) is 0 Å². The van der Waals surface area contributed by atoms with Crippen molar-refractivity contribution in [3.8, 4) is 0 Å². The first-order valence-electron chi connectivity index (χ1n) is 4.34. The molecule has 13 heavy (non-hydrogen) atoms. The molecule has 0 radical (unpaired) electrons. The molecule has 74 valence electrons. The zero-order valence-electron chi connectivity index (χ0n) is 7.54. The van der Waals surface area contributed by atoms with Crippen LogP contribution in [0, 0.1) is 0 Å². The Morgan fingerprint density at radius 1 is 1.54 bits per heavy atom. The van der Waals surface area contributed by atoms with Crippen molar-refractivity contribution in [3.05, 3.63) is 0 Å². The predicted octanol–water partition coefficient (Wildman–Crippen LogP) is -0.301. The number of carbonyl (C=O) groups is 2. The molecule has 0 bridgehead atoms. The molecule has 1 rings (SSSR count). The summed E-state index contributed by atoms with van der Waals surface area (Å²) in [7, 11) is 0. The first-order valence-corrected chi connectivity index (χ1v) is 4.97. The van der Waals surface area contributed by atoms with Gasteiger partial charge in [-0.15, -0.1) is 0 Å². The molecule has 0 aliphatic heterocycles. The highest BCUT2D eigenvalue weighted by Crippen LogP contribution is 2.18. The summed E-state index contributed by atoms with van der Waals surface area (Å²) in [5.74, 6) is -0.222. The summed E-state index contributed by atoms with van der Waals surface area (Å²) in [6.45, 7) is 1.67. The zero-order valence-corrected chi connectivity index (χ0v) is 8.43. The molecule has 1 unspecified atom stereocenters. The Balaban J connectivity index is 2.23. The van der Waals surface area contributed by atoms with Crippen LogP contribution in [0.5, 0.6) is 0 Å². The number of nitrogens with one attached hydrogen (secondary N) is 2. The molecule has 1 atom stereocenters. The molecular formula is C8H14N2O2S. The second kappa shape index (κ2) is 4.50. The van der Waals surface area contributed by atoms with E-state index >= 15 is 0 Å². The lowest BCUT2D eigenvalue weighted by molar-refractivity contribution is -0.127. The standard InChI is InChI=1S/C8H14N2O2S/c1-5(9-7(11)4-13)8(12)10-6-2-3-6/h5-6,13H,2-4H2,1H3,(H,9,11)(H,10,12). The Labute approximate surface area is 82.9 Å². The maximum absolute atomic E-state index is 11.3. The fourth-order valence-electron chi connectivity index (χ4n) is 0.907. The minimum atomic E-state index is -0.458. The van der Waals surface area contributed by atoms with Crippen molar-refractivity contribution in [2.24, 2.45) is 0 Å². The topological polar surface area (TPSA) is 58.2 Å². The van der Waals surface area contributed by atoms with Gasteiger partial charge >= 0.3 is 0 Å². The first-order chi connectivity index (χ1) is 6.13. The van der Waals surface area contributed by atoms with E-state index in [0.717, 1.165) is 12.8 Å². The van der Waals surface area contributed by atoms with Crippen LogP contribution < -0.4 is 10.6 Å². The van der Waals surface area contributed by atoms with Crippen LogP contribution in [0.1, 0.15) is 19.8 Å². The molecule has 1 aliphatic rings. The Kier molecular flexibility index (Phi) is 3.59. The van der Waals surface area contributed by atoms with E-state index in [1.807, 2.05) is 0 Å². The van der Waals surface area contributed by atoms with Crippen molar-refractivity contribution in [2.75, 3.05) is 5.75 Å². The van der Waals surface area contributed by atoms with Crippen LogP contribution in [-0.2, 0) is 9.59 Å². The van der Waals surface area contributed by atoms with Crippen LogP contribution in [-0.4, -0.2) is 29.7 Å². The summed E-state index contributed by atoms with van der Waals surface area (Å²) in [5, 5.41) is 5.34. The van der Waals surface area contributed by atoms with E-state index in [2.05, 4.69) is 23.3 Å². The molecule has 2 amide bonds. The van der Waals surface area contributed by atoms with E-state index < -0.39 is 6.04 Å². The fourth-order valence-corrected chi connectivity index (χ4v) is 0.998. The molecule has 0 spiro atoms. The minimum absolute atomic E-state index is 0.112. The van der Waals surface area contributed by atoms with Gasteiger partial charge in [-0.1, -0.05) is 0 Å².